The van der Waals surface area contributed by atoms with Crippen LogP contribution in [-0.4, -0.2) is 83.1 Å². The third kappa shape index (κ3) is 8.32. The number of nitrogens with zero attached hydrogens (tertiary/aromatic N) is 3. The standard InChI is InChI=1S/C30H35F3N4O7/c1-29(2,3)44-28(42)35-16-13-22(14-17-35)37-24(19-4-6-20(7-5-19)26(40)34-15-12-25(38)39)18-36(27(37)41)21-8-10-23(11-9-21)43-30(31,32)33/h4-11,22,24H,12-18H2,1-3H3,(H,34,40)(H,38,39). The summed E-state index contributed by atoms with van der Waals surface area (Å²) in [5, 5.41) is 11.3. The summed E-state index contributed by atoms with van der Waals surface area (Å²) in [4.78, 5) is 54.5. The first-order chi connectivity index (χ1) is 20.6. The number of likely N-dealkylation sites (tertiary alicyclic amines) is 1. The summed E-state index contributed by atoms with van der Waals surface area (Å²) in [6.45, 7) is 6.26. The van der Waals surface area contributed by atoms with E-state index in [-0.39, 0.29) is 31.6 Å². The number of aliphatic carboxylic acids is 1. The summed E-state index contributed by atoms with van der Waals surface area (Å²) >= 11 is 0. The second kappa shape index (κ2) is 13.0. The van der Waals surface area contributed by atoms with Crippen molar-refractivity contribution in [2.24, 2.45) is 0 Å². The smallest absolute Gasteiger partial charge is 0.481 e. The van der Waals surface area contributed by atoms with Crippen molar-refractivity contribution in [3.05, 3.63) is 59.7 Å². The molecule has 11 nitrogen and oxygen atoms in total. The van der Waals surface area contributed by atoms with Gasteiger partial charge in [-0.05, 0) is 75.6 Å². The fraction of sp³-hybridized carbons (Fsp3) is 0.467. The third-order valence-corrected chi connectivity index (χ3v) is 7.22. The van der Waals surface area contributed by atoms with Crippen molar-refractivity contribution in [1.82, 2.24) is 15.1 Å². The van der Waals surface area contributed by atoms with Gasteiger partial charge < -0.3 is 29.7 Å². The molecule has 0 saturated carbocycles. The summed E-state index contributed by atoms with van der Waals surface area (Å²) in [5.41, 5.74) is 0.787. The number of hydrogen-bond acceptors (Lipinski definition) is 6. The van der Waals surface area contributed by atoms with E-state index in [9.17, 15) is 32.3 Å². The van der Waals surface area contributed by atoms with Crippen LogP contribution in [0.5, 0.6) is 5.75 Å². The van der Waals surface area contributed by atoms with Crippen LogP contribution in [0.25, 0.3) is 0 Å². The number of carboxylic acids is 1. The minimum absolute atomic E-state index is 0.0232. The van der Waals surface area contributed by atoms with Crippen LogP contribution in [-0.2, 0) is 9.53 Å². The van der Waals surface area contributed by atoms with Crippen LogP contribution in [0.4, 0.5) is 28.4 Å². The predicted octanol–water partition coefficient (Wildman–Crippen LogP) is 5.17. The van der Waals surface area contributed by atoms with E-state index in [1.54, 1.807) is 54.8 Å². The molecule has 2 heterocycles. The van der Waals surface area contributed by atoms with Crippen molar-refractivity contribution < 1.29 is 46.9 Å². The van der Waals surface area contributed by atoms with E-state index in [2.05, 4.69) is 10.1 Å². The van der Waals surface area contributed by atoms with Crippen molar-refractivity contribution in [3.63, 3.8) is 0 Å². The summed E-state index contributed by atoms with van der Waals surface area (Å²) in [5.74, 6) is -1.88. The zero-order valence-electron chi connectivity index (χ0n) is 24.6. The van der Waals surface area contributed by atoms with Gasteiger partial charge in [-0.1, -0.05) is 12.1 Å². The quantitative estimate of drug-likeness (QED) is 0.417. The maximum atomic E-state index is 13.9. The number of nitrogens with one attached hydrogen (secondary N) is 1. The van der Waals surface area contributed by atoms with Crippen LogP contribution >= 0.6 is 0 Å². The Labute approximate surface area is 252 Å². The maximum Gasteiger partial charge on any atom is 0.573 e. The minimum atomic E-state index is -4.85. The van der Waals surface area contributed by atoms with Crippen molar-refractivity contribution >= 4 is 29.7 Å². The van der Waals surface area contributed by atoms with Gasteiger partial charge in [-0.2, -0.15) is 0 Å². The number of carboxylic acid groups (broad SMARTS) is 1. The van der Waals surface area contributed by atoms with Crippen LogP contribution in [0.15, 0.2) is 48.5 Å². The number of amides is 4. The van der Waals surface area contributed by atoms with Crippen molar-refractivity contribution in [2.75, 3.05) is 31.1 Å². The molecule has 0 aromatic heterocycles. The van der Waals surface area contributed by atoms with Gasteiger partial charge in [0.05, 0.1) is 19.0 Å². The number of carbonyl (C=O) groups is 4. The van der Waals surface area contributed by atoms with Gasteiger partial charge in [-0.15, -0.1) is 13.2 Å². The Morgan fingerprint density at radius 3 is 2.14 bits per heavy atom. The Morgan fingerprint density at radius 2 is 1.59 bits per heavy atom. The van der Waals surface area contributed by atoms with Gasteiger partial charge in [-0.3, -0.25) is 14.5 Å². The number of anilines is 1. The number of benzene rings is 2. The molecular formula is C30H35F3N4O7. The summed E-state index contributed by atoms with van der Waals surface area (Å²) in [7, 11) is 0. The van der Waals surface area contributed by atoms with Gasteiger partial charge in [0.1, 0.15) is 11.4 Å². The molecule has 4 amide bonds. The second-order valence-electron chi connectivity index (χ2n) is 11.6. The fourth-order valence-corrected chi connectivity index (χ4v) is 5.23. The molecule has 2 fully saturated rings. The molecule has 2 aliphatic heterocycles. The Hall–Kier alpha value is -4.49. The molecular weight excluding hydrogens is 585 g/mol. The molecule has 2 N–H and O–H groups in total. The third-order valence-electron chi connectivity index (χ3n) is 7.22. The molecule has 0 bridgehead atoms. The first-order valence-corrected chi connectivity index (χ1v) is 14.1. The molecule has 2 aromatic rings. The first-order valence-electron chi connectivity index (χ1n) is 14.1. The lowest BCUT2D eigenvalue weighted by Gasteiger charge is -2.39. The van der Waals surface area contributed by atoms with Crippen LogP contribution in [0.1, 0.15) is 62.0 Å². The van der Waals surface area contributed by atoms with Gasteiger partial charge >= 0.3 is 24.5 Å². The van der Waals surface area contributed by atoms with Gasteiger partial charge in [0, 0.05) is 36.9 Å². The molecule has 44 heavy (non-hydrogen) atoms. The Morgan fingerprint density at radius 1 is 0.977 bits per heavy atom. The number of halogens is 3. The van der Waals surface area contributed by atoms with E-state index in [1.165, 1.54) is 17.0 Å². The molecule has 0 aliphatic carbocycles. The maximum absolute atomic E-state index is 13.9. The average molecular weight is 621 g/mol. The lowest BCUT2D eigenvalue weighted by atomic mass is 9.98. The van der Waals surface area contributed by atoms with E-state index in [1.807, 2.05) is 0 Å². The lowest BCUT2D eigenvalue weighted by Crippen LogP contribution is -2.49. The van der Waals surface area contributed by atoms with E-state index < -0.39 is 41.7 Å². The lowest BCUT2D eigenvalue weighted by molar-refractivity contribution is -0.274. The van der Waals surface area contributed by atoms with Gasteiger partial charge in [0.2, 0.25) is 0 Å². The predicted molar refractivity (Wildman–Crippen MR) is 152 cm³/mol. The Bertz CT molecular complexity index is 1350. The van der Waals surface area contributed by atoms with E-state index in [0.29, 0.717) is 37.2 Å². The number of piperidine rings is 1. The topological polar surface area (TPSA) is 129 Å². The first kappa shape index (κ1) is 32.4. The zero-order chi connectivity index (χ0) is 32.2. The largest absolute Gasteiger partial charge is 0.573 e. The van der Waals surface area contributed by atoms with Crippen LogP contribution in [0.3, 0.4) is 0 Å². The number of ether oxygens (including phenoxy) is 2. The monoisotopic (exact) mass is 620 g/mol. The van der Waals surface area contributed by atoms with E-state index in [4.69, 9.17) is 9.84 Å². The molecule has 2 aromatic carbocycles. The Kier molecular flexibility index (Phi) is 9.59. The van der Waals surface area contributed by atoms with Crippen molar-refractivity contribution in [3.8, 4) is 5.75 Å². The Balaban J connectivity index is 1.54. The number of hydrogen-bond donors (Lipinski definition) is 2. The van der Waals surface area contributed by atoms with Gasteiger partial charge in [-0.25, -0.2) is 9.59 Å². The highest BCUT2D eigenvalue weighted by Gasteiger charge is 2.44. The number of urea groups is 1. The van der Waals surface area contributed by atoms with Gasteiger partial charge in [0.25, 0.3) is 5.91 Å². The number of rotatable bonds is 8. The SMILES string of the molecule is CC(C)(C)OC(=O)N1CCC(N2C(=O)N(c3ccc(OC(F)(F)F)cc3)CC2c2ccc(C(=O)NCCC(=O)O)cc2)CC1. The highest BCUT2D eigenvalue weighted by molar-refractivity contribution is 5.96. The van der Waals surface area contributed by atoms with E-state index in [0.717, 1.165) is 17.7 Å². The van der Waals surface area contributed by atoms with Gasteiger partial charge in [0.15, 0.2) is 0 Å². The second-order valence-corrected chi connectivity index (χ2v) is 11.6. The number of alkyl halides is 3. The average Bonchev–Trinajstić information content (AvgIpc) is 3.28. The highest BCUT2D eigenvalue weighted by Crippen LogP contribution is 2.38. The van der Waals surface area contributed by atoms with Crippen molar-refractivity contribution in [2.45, 2.75) is 64.1 Å². The normalized spacial score (nSPS) is 17.9. The molecule has 14 heteroatoms. The minimum Gasteiger partial charge on any atom is -0.481 e. The molecule has 0 radical (unpaired) electrons. The number of carbonyl (C=O) groups excluding carboxylic acids is 3. The molecule has 1 unspecified atom stereocenters. The van der Waals surface area contributed by atoms with Crippen LogP contribution in [0.2, 0.25) is 0 Å². The van der Waals surface area contributed by atoms with Crippen molar-refractivity contribution in [1.29, 1.82) is 0 Å². The van der Waals surface area contributed by atoms with Crippen LogP contribution in [0, 0.1) is 0 Å². The molecule has 0 spiro atoms. The fourth-order valence-electron chi connectivity index (χ4n) is 5.23. The molecule has 1 atom stereocenters. The molecule has 4 rings (SSSR count). The molecule has 2 aliphatic rings. The summed E-state index contributed by atoms with van der Waals surface area (Å²) in [6, 6.07) is 10.6. The molecule has 238 valence electrons. The highest BCUT2D eigenvalue weighted by atomic mass is 19.4. The molecule has 2 saturated heterocycles. The summed E-state index contributed by atoms with van der Waals surface area (Å²) in [6.07, 6.45) is -4.52. The van der Waals surface area contributed by atoms with Crippen LogP contribution < -0.4 is 15.0 Å². The zero-order valence-corrected chi connectivity index (χ0v) is 24.6. The van der Waals surface area contributed by atoms with E-state index >= 15 is 0 Å². The summed E-state index contributed by atoms with van der Waals surface area (Å²) < 4.78 is 47.4.